The second-order valence-electron chi connectivity index (χ2n) is 9.69. The third kappa shape index (κ3) is 4.94. The van der Waals surface area contributed by atoms with Crippen molar-refractivity contribution in [3.8, 4) is 11.8 Å². The standard InChI is InChI=1S/C24H29ClFN7O/c1-14(2)10-33-24(34-20-8-18(25)7-19(26)9-20)30-23(31-33)29-22-16-4-5-17(22)12-32(11-16)21-6-15(3)27-13-28-21/h6-9,13-14,16-17,22H,4-5,10-12H2,1-3H3,(H,29,31)/t16-,17+,22?. The fourth-order valence-electron chi connectivity index (χ4n) is 5.03. The highest BCUT2D eigenvalue weighted by Gasteiger charge is 2.43. The number of aromatic nitrogens is 5. The van der Waals surface area contributed by atoms with Gasteiger partial charge in [0.2, 0.25) is 5.95 Å². The minimum atomic E-state index is -0.460. The summed E-state index contributed by atoms with van der Waals surface area (Å²) in [4.78, 5) is 15.7. The molecular weight excluding hydrogens is 457 g/mol. The number of nitrogens with one attached hydrogen (secondary N) is 1. The monoisotopic (exact) mass is 485 g/mol. The van der Waals surface area contributed by atoms with Crippen molar-refractivity contribution in [2.45, 2.75) is 46.2 Å². The van der Waals surface area contributed by atoms with Crippen molar-refractivity contribution in [3.63, 3.8) is 0 Å². The Bertz CT molecular complexity index is 1140. The van der Waals surface area contributed by atoms with Crippen molar-refractivity contribution in [1.82, 2.24) is 24.7 Å². The van der Waals surface area contributed by atoms with E-state index in [-0.39, 0.29) is 11.1 Å². The third-order valence-electron chi connectivity index (χ3n) is 6.46. The zero-order valence-electron chi connectivity index (χ0n) is 19.6. The summed E-state index contributed by atoms with van der Waals surface area (Å²) in [7, 11) is 0. The van der Waals surface area contributed by atoms with Crippen LogP contribution in [0.1, 0.15) is 32.4 Å². The Morgan fingerprint density at radius 3 is 2.59 bits per heavy atom. The van der Waals surface area contributed by atoms with E-state index < -0.39 is 5.82 Å². The minimum absolute atomic E-state index is 0.269. The molecule has 1 saturated carbocycles. The first-order valence-corrected chi connectivity index (χ1v) is 12.1. The first kappa shape index (κ1) is 22.8. The van der Waals surface area contributed by atoms with Crippen LogP contribution in [0.25, 0.3) is 0 Å². The summed E-state index contributed by atoms with van der Waals surface area (Å²) >= 11 is 5.99. The topological polar surface area (TPSA) is 81.0 Å². The van der Waals surface area contributed by atoms with Gasteiger partial charge in [0.15, 0.2) is 0 Å². The van der Waals surface area contributed by atoms with E-state index in [4.69, 9.17) is 16.3 Å². The molecule has 5 rings (SSSR count). The Kier molecular flexibility index (Phi) is 6.29. The molecule has 2 aromatic heterocycles. The van der Waals surface area contributed by atoms with E-state index in [0.717, 1.165) is 37.4 Å². The van der Waals surface area contributed by atoms with E-state index in [1.807, 2.05) is 13.0 Å². The highest BCUT2D eigenvalue weighted by molar-refractivity contribution is 6.30. The highest BCUT2D eigenvalue weighted by atomic mass is 35.5. The molecule has 1 saturated heterocycles. The summed E-state index contributed by atoms with van der Waals surface area (Å²) in [5, 5.41) is 8.53. The van der Waals surface area contributed by atoms with Crippen LogP contribution in [0.3, 0.4) is 0 Å². The summed E-state index contributed by atoms with van der Waals surface area (Å²) in [5.74, 6) is 2.64. The van der Waals surface area contributed by atoms with Gasteiger partial charge in [-0.05, 0) is 49.7 Å². The summed E-state index contributed by atoms with van der Waals surface area (Å²) < 4.78 is 21.4. The van der Waals surface area contributed by atoms with Gasteiger partial charge >= 0.3 is 6.01 Å². The maximum absolute atomic E-state index is 13.8. The molecule has 2 aliphatic rings. The third-order valence-corrected chi connectivity index (χ3v) is 6.68. The average Bonchev–Trinajstić information content (AvgIpc) is 3.21. The van der Waals surface area contributed by atoms with Crippen molar-refractivity contribution < 1.29 is 9.13 Å². The first-order chi connectivity index (χ1) is 16.3. The minimum Gasteiger partial charge on any atom is -0.424 e. The SMILES string of the molecule is Cc1cc(N2C[C@H]3CC[C@@H](C2)C3Nc2nc(Oc3cc(F)cc(Cl)c3)n(CC(C)C)n2)ncn1. The van der Waals surface area contributed by atoms with Crippen LogP contribution in [0.2, 0.25) is 5.02 Å². The fourth-order valence-corrected chi connectivity index (χ4v) is 5.24. The van der Waals surface area contributed by atoms with Crippen LogP contribution < -0.4 is 15.0 Å². The Hall–Kier alpha value is -2.94. The lowest BCUT2D eigenvalue weighted by molar-refractivity contribution is 0.369. The number of hydrogen-bond acceptors (Lipinski definition) is 7. The van der Waals surface area contributed by atoms with Crippen LogP contribution in [0.15, 0.2) is 30.6 Å². The molecule has 10 heteroatoms. The van der Waals surface area contributed by atoms with Gasteiger partial charge in [-0.2, -0.15) is 4.98 Å². The lowest BCUT2D eigenvalue weighted by atomic mass is 9.92. The van der Waals surface area contributed by atoms with Crippen LogP contribution in [0.4, 0.5) is 16.2 Å². The van der Waals surface area contributed by atoms with Crippen molar-refractivity contribution >= 4 is 23.4 Å². The molecule has 1 N–H and O–H groups in total. The van der Waals surface area contributed by atoms with Crippen LogP contribution in [-0.2, 0) is 6.54 Å². The quantitative estimate of drug-likeness (QED) is 0.507. The van der Waals surface area contributed by atoms with E-state index in [2.05, 4.69) is 44.1 Å². The number of ether oxygens (including phenoxy) is 1. The number of hydrogen-bond donors (Lipinski definition) is 1. The Balaban J connectivity index is 1.33. The number of rotatable bonds is 7. The average molecular weight is 486 g/mol. The van der Waals surface area contributed by atoms with Gasteiger partial charge in [0.25, 0.3) is 0 Å². The summed E-state index contributed by atoms with van der Waals surface area (Å²) in [6.07, 6.45) is 3.94. The van der Waals surface area contributed by atoms with Crippen LogP contribution in [0, 0.1) is 30.5 Å². The predicted octanol–water partition coefficient (Wildman–Crippen LogP) is 4.94. The molecule has 3 heterocycles. The Morgan fingerprint density at radius 1 is 1.15 bits per heavy atom. The number of benzene rings is 1. The van der Waals surface area contributed by atoms with Gasteiger partial charge in [0.1, 0.15) is 23.7 Å². The number of anilines is 2. The van der Waals surface area contributed by atoms with Crippen molar-refractivity contribution in [2.24, 2.45) is 17.8 Å². The van der Waals surface area contributed by atoms with Gasteiger partial charge in [-0.15, -0.1) is 5.10 Å². The van der Waals surface area contributed by atoms with Gasteiger partial charge < -0.3 is 15.0 Å². The maximum atomic E-state index is 13.8. The summed E-state index contributed by atoms with van der Waals surface area (Å²) in [5.41, 5.74) is 0.976. The van der Waals surface area contributed by atoms with Gasteiger partial charge in [-0.1, -0.05) is 25.4 Å². The van der Waals surface area contributed by atoms with Crippen LogP contribution in [0.5, 0.6) is 11.8 Å². The molecule has 2 fully saturated rings. The molecule has 180 valence electrons. The number of piperidine rings is 1. The number of fused-ring (bicyclic) bond motifs is 2. The zero-order valence-corrected chi connectivity index (χ0v) is 20.3. The molecule has 0 spiro atoms. The molecule has 1 aromatic carbocycles. The molecule has 3 atom stereocenters. The predicted molar refractivity (Wildman–Crippen MR) is 129 cm³/mol. The van der Waals surface area contributed by atoms with Crippen LogP contribution >= 0.6 is 11.6 Å². The molecule has 1 unspecified atom stereocenters. The second kappa shape index (κ2) is 9.37. The van der Waals surface area contributed by atoms with Crippen LogP contribution in [-0.4, -0.2) is 43.9 Å². The van der Waals surface area contributed by atoms with E-state index in [1.54, 1.807) is 17.1 Å². The number of nitrogens with zero attached hydrogens (tertiary/aromatic N) is 6. The maximum Gasteiger partial charge on any atom is 0.322 e. The van der Waals surface area contributed by atoms with Gasteiger partial charge in [-0.25, -0.2) is 19.0 Å². The van der Waals surface area contributed by atoms with Crippen molar-refractivity contribution in [1.29, 1.82) is 0 Å². The van der Waals surface area contributed by atoms with Gasteiger partial charge in [0.05, 0.1) is 0 Å². The molecule has 1 aliphatic heterocycles. The molecule has 0 radical (unpaired) electrons. The van der Waals surface area contributed by atoms with Gasteiger partial charge in [0, 0.05) is 48.5 Å². The number of halogens is 2. The normalized spacial score (nSPS) is 21.8. The molecule has 1 aliphatic carbocycles. The van der Waals surface area contributed by atoms with E-state index in [9.17, 15) is 4.39 Å². The van der Waals surface area contributed by atoms with E-state index in [1.165, 1.54) is 12.1 Å². The largest absolute Gasteiger partial charge is 0.424 e. The fraction of sp³-hybridized carbons (Fsp3) is 0.500. The van der Waals surface area contributed by atoms with E-state index >= 15 is 0 Å². The molecule has 34 heavy (non-hydrogen) atoms. The summed E-state index contributed by atoms with van der Waals surface area (Å²) in [6.45, 7) is 8.69. The lowest BCUT2D eigenvalue weighted by Crippen LogP contribution is -2.48. The molecular formula is C24H29ClFN7O. The molecule has 0 amide bonds. The second-order valence-corrected chi connectivity index (χ2v) is 10.1. The molecule has 3 aromatic rings. The van der Waals surface area contributed by atoms with Gasteiger partial charge in [-0.3, -0.25) is 0 Å². The Morgan fingerprint density at radius 2 is 1.91 bits per heavy atom. The zero-order chi connectivity index (χ0) is 23.8. The lowest BCUT2D eigenvalue weighted by Gasteiger charge is -2.38. The van der Waals surface area contributed by atoms with Crippen molar-refractivity contribution in [2.75, 3.05) is 23.3 Å². The molecule has 8 nitrogen and oxygen atoms in total. The highest BCUT2D eigenvalue weighted by Crippen LogP contribution is 2.40. The number of aryl methyl sites for hydroxylation is 1. The first-order valence-electron chi connectivity index (χ1n) is 11.7. The van der Waals surface area contributed by atoms with E-state index in [0.29, 0.717) is 42.0 Å². The Labute approximate surface area is 203 Å². The smallest absolute Gasteiger partial charge is 0.322 e. The van der Waals surface area contributed by atoms with Crippen molar-refractivity contribution in [3.05, 3.63) is 47.1 Å². The molecule has 2 bridgehead atoms. The summed E-state index contributed by atoms with van der Waals surface area (Å²) in [6, 6.07) is 6.75.